The van der Waals surface area contributed by atoms with Crippen molar-refractivity contribution in [1.29, 1.82) is 0 Å². The molecule has 0 N–H and O–H groups in total. The average molecular weight is 349 g/mol. The van der Waals surface area contributed by atoms with Crippen molar-refractivity contribution in [2.24, 2.45) is 34.5 Å². The van der Waals surface area contributed by atoms with Gasteiger partial charge >= 0.3 is 11.4 Å². The lowest BCUT2D eigenvalue weighted by molar-refractivity contribution is -0.00192. The van der Waals surface area contributed by atoms with E-state index >= 15 is 0 Å². The number of ether oxygens (including phenoxy) is 1. The summed E-state index contributed by atoms with van der Waals surface area (Å²) in [5.74, 6) is 2.77. The van der Waals surface area contributed by atoms with E-state index in [0.29, 0.717) is 17.5 Å². The van der Waals surface area contributed by atoms with Crippen LogP contribution in [0.15, 0.2) is 39.9 Å². The third-order valence-corrected chi connectivity index (χ3v) is 9.12. The lowest BCUT2D eigenvalue weighted by Crippen LogP contribution is -2.52. The maximum absolute atomic E-state index is 13.4. The minimum absolute atomic E-state index is 0.138. The van der Waals surface area contributed by atoms with Gasteiger partial charge in [-0.25, -0.2) is 23.5 Å². The number of para-hydroxylation sites is 1. The van der Waals surface area contributed by atoms with E-state index in [1.807, 2.05) is 39.7 Å². The first kappa shape index (κ1) is 13.1. The summed E-state index contributed by atoms with van der Waals surface area (Å²) in [5, 5.41) is 0. The van der Waals surface area contributed by atoms with Gasteiger partial charge in [-0.05, 0) is 48.6 Å². The molecular weight excluding hydrogens is 330 g/mol. The Morgan fingerprint density at radius 3 is 2.00 bits per heavy atom. The Kier molecular flexibility index (Phi) is 1.78. The van der Waals surface area contributed by atoms with Gasteiger partial charge in [0.05, 0.1) is 17.8 Å². The van der Waals surface area contributed by atoms with Gasteiger partial charge in [0.25, 0.3) is 0 Å². The highest BCUT2D eigenvalue weighted by Gasteiger charge is 3.02. The molecule has 4 aliphatic carbocycles. The Balaban J connectivity index is 1.45. The Morgan fingerprint density at radius 1 is 0.846 bits per heavy atom. The van der Waals surface area contributed by atoms with Crippen molar-refractivity contribution >= 4 is 0 Å². The zero-order chi connectivity index (χ0) is 17.0. The monoisotopic (exact) mass is 349 g/mol. The molecular formula is C20H19N3O3. The van der Waals surface area contributed by atoms with Gasteiger partial charge in [0.15, 0.2) is 0 Å². The Labute approximate surface area is 149 Å². The molecule has 2 bridgehead atoms. The van der Waals surface area contributed by atoms with E-state index in [9.17, 15) is 9.59 Å². The molecule has 1 aromatic carbocycles. The molecule has 0 radical (unpaired) electrons. The summed E-state index contributed by atoms with van der Waals surface area (Å²) in [6.07, 6.45) is 2.13. The van der Waals surface area contributed by atoms with Crippen molar-refractivity contribution in [3.8, 4) is 5.69 Å². The number of rotatable bonds is 1. The molecule has 4 heterocycles. The second-order valence-corrected chi connectivity index (χ2v) is 9.22. The fraction of sp³-hybridized carbons (Fsp3) is 0.600. The summed E-state index contributed by atoms with van der Waals surface area (Å²) in [4.78, 5) is 26.8. The van der Waals surface area contributed by atoms with Crippen molar-refractivity contribution < 1.29 is 4.74 Å². The number of hydrogen-bond donors (Lipinski definition) is 0. The van der Waals surface area contributed by atoms with Gasteiger partial charge in [0.2, 0.25) is 0 Å². The maximum Gasteiger partial charge on any atom is 0.352 e. The molecule has 2 spiro atoms. The standard InChI is InChI=1S/C20H19N3O3/c24-17-21(10-4-2-1-3-5-10)18(25)23-16-13-11-12(13)15(22(17)23)19-6-8-26-9-7-20(16,19)14(11)19/h1-5,11-16H,6-9H2/t11?,12-,13-,14?,15-,16-,19+,20+/m0/s1. The van der Waals surface area contributed by atoms with Crippen LogP contribution in [0.4, 0.5) is 0 Å². The van der Waals surface area contributed by atoms with Crippen molar-refractivity contribution in [2.75, 3.05) is 13.2 Å². The molecule has 1 aromatic heterocycles. The number of nitrogens with zero attached hydrogens (tertiary/aromatic N) is 3. The van der Waals surface area contributed by atoms with Crippen molar-refractivity contribution in [3.05, 3.63) is 51.3 Å². The molecule has 2 aromatic rings. The lowest BCUT2D eigenvalue weighted by atomic mass is 9.69. The summed E-state index contributed by atoms with van der Waals surface area (Å²) in [7, 11) is 0. The van der Waals surface area contributed by atoms with Crippen LogP contribution in [0, 0.1) is 34.5 Å². The largest absolute Gasteiger partial charge is 0.381 e. The lowest BCUT2D eigenvalue weighted by Gasteiger charge is -2.47. The molecule has 0 amide bonds. The smallest absolute Gasteiger partial charge is 0.352 e. The summed E-state index contributed by atoms with van der Waals surface area (Å²) in [6, 6.07) is 9.83. The van der Waals surface area contributed by atoms with E-state index in [0.717, 1.165) is 37.9 Å². The molecule has 3 aliphatic heterocycles. The summed E-state index contributed by atoms with van der Waals surface area (Å²) >= 11 is 0. The molecule has 1 saturated heterocycles. The van der Waals surface area contributed by atoms with Crippen LogP contribution in [0.3, 0.4) is 0 Å². The summed E-state index contributed by atoms with van der Waals surface area (Å²) in [6.45, 7) is 1.62. The molecule has 6 heteroatoms. The van der Waals surface area contributed by atoms with E-state index < -0.39 is 0 Å². The van der Waals surface area contributed by atoms with Crippen LogP contribution < -0.4 is 11.4 Å². The summed E-state index contributed by atoms with van der Waals surface area (Å²) in [5.41, 5.74) is 0.876. The van der Waals surface area contributed by atoms with Crippen LogP contribution in [0.1, 0.15) is 24.9 Å². The number of hydrogen-bond acceptors (Lipinski definition) is 3. The van der Waals surface area contributed by atoms with Gasteiger partial charge in [-0.1, -0.05) is 18.2 Å². The first-order valence-electron chi connectivity index (χ1n) is 9.84. The predicted molar refractivity (Wildman–Crippen MR) is 91.2 cm³/mol. The average Bonchev–Trinajstić information content (AvgIpc) is 3.42. The second kappa shape index (κ2) is 3.52. The highest BCUT2D eigenvalue weighted by Crippen LogP contribution is 3.03. The van der Waals surface area contributed by atoms with Gasteiger partial charge in [0.1, 0.15) is 0 Å². The van der Waals surface area contributed by atoms with Crippen LogP contribution in [0.25, 0.3) is 5.69 Å². The maximum atomic E-state index is 13.4. The molecule has 132 valence electrons. The Morgan fingerprint density at radius 2 is 1.42 bits per heavy atom. The van der Waals surface area contributed by atoms with Gasteiger partial charge in [-0.2, -0.15) is 0 Å². The van der Waals surface area contributed by atoms with E-state index in [1.54, 1.807) is 0 Å². The highest BCUT2D eigenvalue weighted by atomic mass is 16.5. The van der Waals surface area contributed by atoms with Crippen molar-refractivity contribution in [3.63, 3.8) is 0 Å². The second-order valence-electron chi connectivity index (χ2n) is 9.22. The van der Waals surface area contributed by atoms with Crippen molar-refractivity contribution in [1.82, 2.24) is 13.9 Å². The minimum atomic E-state index is -0.138. The number of aromatic nitrogens is 3. The normalized spacial score (nSPS) is 50.2. The topological polar surface area (TPSA) is 58.2 Å². The Bertz CT molecular complexity index is 1060. The van der Waals surface area contributed by atoms with E-state index in [1.165, 1.54) is 4.57 Å². The SMILES string of the molecule is O=c1n(-c2ccccc2)c(=O)n2n1[C@H]1[C@H]3C4C5[C@]16CCOCC[C@]56[C@@H]2[C@@H]43. The number of benzene rings is 1. The zero-order valence-corrected chi connectivity index (χ0v) is 14.2. The van der Waals surface area contributed by atoms with Crippen LogP contribution in [0.5, 0.6) is 0 Å². The Hall–Kier alpha value is -2.08. The molecule has 9 rings (SSSR count). The third kappa shape index (κ3) is 0.942. The predicted octanol–water partition coefficient (Wildman–Crippen LogP) is 1.20. The fourth-order valence-corrected chi connectivity index (χ4v) is 8.84. The van der Waals surface area contributed by atoms with Crippen molar-refractivity contribution in [2.45, 2.75) is 24.9 Å². The van der Waals surface area contributed by atoms with Crippen LogP contribution in [-0.4, -0.2) is 27.1 Å². The first-order chi connectivity index (χ1) is 12.7. The molecule has 26 heavy (non-hydrogen) atoms. The molecule has 7 aliphatic rings. The minimum Gasteiger partial charge on any atom is -0.381 e. The highest BCUT2D eigenvalue weighted by molar-refractivity contribution is 5.49. The molecule has 0 unspecified atom stereocenters. The van der Waals surface area contributed by atoms with Crippen LogP contribution in [0.2, 0.25) is 0 Å². The third-order valence-electron chi connectivity index (χ3n) is 9.12. The zero-order valence-electron chi connectivity index (χ0n) is 14.2. The van der Waals surface area contributed by atoms with E-state index in [2.05, 4.69) is 0 Å². The van der Waals surface area contributed by atoms with Crippen LogP contribution >= 0.6 is 0 Å². The molecule has 5 fully saturated rings. The molecule has 4 saturated carbocycles. The molecule has 6 atom stereocenters. The van der Waals surface area contributed by atoms with Gasteiger partial charge in [0, 0.05) is 24.0 Å². The summed E-state index contributed by atoms with van der Waals surface area (Å²) < 4.78 is 11.0. The first-order valence-corrected chi connectivity index (χ1v) is 9.84. The van der Waals surface area contributed by atoms with Crippen LogP contribution in [-0.2, 0) is 4.74 Å². The quantitative estimate of drug-likeness (QED) is 0.777. The molecule has 6 nitrogen and oxygen atoms in total. The van der Waals surface area contributed by atoms with E-state index in [-0.39, 0.29) is 34.3 Å². The van der Waals surface area contributed by atoms with Gasteiger partial charge in [-0.3, -0.25) is 0 Å². The van der Waals surface area contributed by atoms with Gasteiger partial charge < -0.3 is 4.74 Å². The van der Waals surface area contributed by atoms with Gasteiger partial charge in [-0.15, -0.1) is 0 Å². The van der Waals surface area contributed by atoms with E-state index in [4.69, 9.17) is 4.74 Å². The fourth-order valence-electron chi connectivity index (χ4n) is 8.84.